The minimum atomic E-state index is -4.84. The number of alkyl halides is 3. The van der Waals surface area contributed by atoms with Crippen LogP contribution >= 0.6 is 11.6 Å². The summed E-state index contributed by atoms with van der Waals surface area (Å²) in [5.41, 5.74) is -0.116. The number of hydrogen-bond acceptors (Lipinski definition) is 8. The third-order valence-electron chi connectivity index (χ3n) is 6.88. The number of carbonyl (C=O) groups is 2. The first-order valence-corrected chi connectivity index (χ1v) is 13.1. The number of benzene rings is 2. The molecule has 0 spiro atoms. The second-order valence-electron chi connectivity index (χ2n) is 9.69. The standard InChI is InChI=1S/C27H26ClF3N6O4/c1-37-8-6-15(7-9-37)34-23(38)16-10-21(40-2)19(11-18(16)28)35-26-33-13-17(27(29,30)31)25(36-26)41-20-5-3-4-14-12-32-24(39)22(14)20/h3-5,10-11,13,15H,6-9,12H2,1-2H3,(H,32,39)(H,34,38)(H,33,35,36). The molecule has 216 valence electrons. The van der Waals surface area contributed by atoms with Crippen molar-refractivity contribution in [3.63, 3.8) is 0 Å². The molecule has 1 aromatic heterocycles. The van der Waals surface area contributed by atoms with Crippen LogP contribution in [0.25, 0.3) is 0 Å². The van der Waals surface area contributed by atoms with Crippen molar-refractivity contribution in [2.24, 2.45) is 0 Å². The molecule has 0 aliphatic carbocycles. The van der Waals surface area contributed by atoms with E-state index in [1.807, 2.05) is 7.05 Å². The number of ether oxygens (including phenoxy) is 2. The zero-order valence-corrected chi connectivity index (χ0v) is 22.8. The molecular weight excluding hydrogens is 565 g/mol. The number of halogens is 4. The van der Waals surface area contributed by atoms with E-state index in [1.165, 1.54) is 25.3 Å². The van der Waals surface area contributed by atoms with Crippen LogP contribution in [0.2, 0.25) is 5.02 Å². The van der Waals surface area contributed by atoms with Gasteiger partial charge in [0.15, 0.2) is 0 Å². The predicted octanol–water partition coefficient (Wildman–Crippen LogP) is 4.76. The van der Waals surface area contributed by atoms with Crippen molar-refractivity contribution in [2.75, 3.05) is 32.6 Å². The van der Waals surface area contributed by atoms with Gasteiger partial charge in [-0.05, 0) is 56.7 Å². The van der Waals surface area contributed by atoms with E-state index in [-0.39, 0.29) is 57.8 Å². The Hall–Kier alpha value is -4.10. The Kier molecular flexibility index (Phi) is 7.91. The van der Waals surface area contributed by atoms with Gasteiger partial charge < -0.3 is 30.3 Å². The summed E-state index contributed by atoms with van der Waals surface area (Å²) in [5.74, 6) is -1.78. The maximum atomic E-state index is 13.8. The van der Waals surface area contributed by atoms with E-state index in [0.717, 1.165) is 25.9 Å². The first-order valence-electron chi connectivity index (χ1n) is 12.7. The van der Waals surface area contributed by atoms with E-state index in [9.17, 15) is 22.8 Å². The van der Waals surface area contributed by atoms with Gasteiger partial charge in [0, 0.05) is 18.8 Å². The molecule has 0 bridgehead atoms. The van der Waals surface area contributed by atoms with Crippen LogP contribution in [0.3, 0.4) is 0 Å². The Labute approximate surface area is 238 Å². The molecule has 10 nitrogen and oxygen atoms in total. The van der Waals surface area contributed by atoms with Crippen LogP contribution in [0.1, 0.15) is 44.7 Å². The quantitative estimate of drug-likeness (QED) is 0.361. The summed E-state index contributed by atoms with van der Waals surface area (Å²) in [6.07, 6.45) is -2.64. The lowest BCUT2D eigenvalue weighted by molar-refractivity contribution is -0.139. The number of likely N-dealkylation sites (tertiary alicyclic amines) is 1. The third kappa shape index (κ3) is 6.15. The molecule has 3 heterocycles. The van der Waals surface area contributed by atoms with Gasteiger partial charge in [-0.2, -0.15) is 18.2 Å². The third-order valence-corrected chi connectivity index (χ3v) is 7.19. The number of nitrogens with zero attached hydrogens (tertiary/aromatic N) is 3. The summed E-state index contributed by atoms with van der Waals surface area (Å²) in [6, 6.07) is 7.47. The van der Waals surface area contributed by atoms with Gasteiger partial charge in [0.1, 0.15) is 17.1 Å². The maximum absolute atomic E-state index is 13.8. The Morgan fingerprint density at radius 3 is 2.66 bits per heavy atom. The lowest BCUT2D eigenvalue weighted by Crippen LogP contribution is -2.43. The van der Waals surface area contributed by atoms with Crippen LogP contribution in [0.15, 0.2) is 36.5 Å². The molecule has 0 unspecified atom stereocenters. The van der Waals surface area contributed by atoms with Crippen molar-refractivity contribution in [3.05, 3.63) is 63.8 Å². The Morgan fingerprint density at radius 2 is 1.95 bits per heavy atom. The van der Waals surface area contributed by atoms with E-state index in [4.69, 9.17) is 21.1 Å². The highest BCUT2D eigenvalue weighted by Gasteiger charge is 2.37. The van der Waals surface area contributed by atoms with Gasteiger partial charge in [0.05, 0.1) is 28.9 Å². The van der Waals surface area contributed by atoms with Crippen molar-refractivity contribution in [2.45, 2.75) is 31.6 Å². The van der Waals surface area contributed by atoms with Gasteiger partial charge in [-0.25, -0.2) is 4.98 Å². The molecule has 0 atom stereocenters. The van der Waals surface area contributed by atoms with Crippen molar-refractivity contribution in [3.8, 4) is 17.4 Å². The monoisotopic (exact) mass is 590 g/mol. The Balaban J connectivity index is 1.42. The first kappa shape index (κ1) is 28.4. The molecule has 41 heavy (non-hydrogen) atoms. The lowest BCUT2D eigenvalue weighted by Gasteiger charge is -2.29. The number of piperidine rings is 1. The fourth-order valence-corrected chi connectivity index (χ4v) is 4.91. The summed E-state index contributed by atoms with van der Waals surface area (Å²) in [6.45, 7) is 1.97. The fourth-order valence-electron chi connectivity index (χ4n) is 4.66. The molecule has 0 radical (unpaired) electrons. The van der Waals surface area contributed by atoms with E-state index < -0.39 is 23.5 Å². The number of aromatic nitrogens is 2. The predicted molar refractivity (Wildman–Crippen MR) is 144 cm³/mol. The highest BCUT2D eigenvalue weighted by atomic mass is 35.5. The van der Waals surface area contributed by atoms with Gasteiger partial charge in [-0.15, -0.1) is 0 Å². The first-order chi connectivity index (χ1) is 19.5. The molecule has 2 amide bonds. The fraction of sp³-hybridized carbons (Fsp3) is 0.333. The highest BCUT2D eigenvalue weighted by Crippen LogP contribution is 2.40. The molecule has 1 fully saturated rings. The molecule has 3 aromatic rings. The van der Waals surface area contributed by atoms with Gasteiger partial charge in [-0.1, -0.05) is 23.7 Å². The molecule has 14 heteroatoms. The lowest BCUT2D eigenvalue weighted by atomic mass is 10.0. The van der Waals surface area contributed by atoms with Crippen molar-refractivity contribution >= 4 is 35.1 Å². The number of methoxy groups -OCH3 is 1. The van der Waals surface area contributed by atoms with Crippen molar-refractivity contribution in [1.29, 1.82) is 0 Å². The zero-order valence-electron chi connectivity index (χ0n) is 22.1. The molecule has 2 aliphatic rings. The average molecular weight is 591 g/mol. The number of nitrogens with one attached hydrogen (secondary N) is 3. The molecular formula is C27H26ClF3N6O4. The normalized spacial score (nSPS) is 15.7. The second kappa shape index (κ2) is 11.4. The number of fused-ring (bicyclic) bond motifs is 1. The molecule has 1 saturated heterocycles. The van der Waals surface area contributed by atoms with E-state index in [2.05, 4.69) is 30.8 Å². The number of anilines is 2. The average Bonchev–Trinajstić information content (AvgIpc) is 3.31. The van der Waals surface area contributed by atoms with E-state index in [0.29, 0.717) is 11.8 Å². The minimum Gasteiger partial charge on any atom is -0.495 e. The van der Waals surface area contributed by atoms with Gasteiger partial charge in [0.25, 0.3) is 11.8 Å². The van der Waals surface area contributed by atoms with Gasteiger partial charge in [-0.3, -0.25) is 9.59 Å². The maximum Gasteiger partial charge on any atom is 0.423 e. The number of rotatable bonds is 7. The number of hydrogen-bond donors (Lipinski definition) is 3. The molecule has 3 N–H and O–H groups in total. The highest BCUT2D eigenvalue weighted by molar-refractivity contribution is 6.34. The zero-order chi connectivity index (χ0) is 29.3. The van der Waals surface area contributed by atoms with Crippen LogP contribution < -0.4 is 25.4 Å². The number of carbonyl (C=O) groups excluding carboxylic acids is 2. The smallest absolute Gasteiger partial charge is 0.423 e. The van der Waals surface area contributed by atoms with Gasteiger partial charge in [0.2, 0.25) is 11.8 Å². The van der Waals surface area contributed by atoms with Crippen LogP contribution in [-0.2, 0) is 12.7 Å². The molecule has 2 aliphatic heterocycles. The second-order valence-corrected chi connectivity index (χ2v) is 10.1. The molecule has 2 aromatic carbocycles. The molecule has 0 saturated carbocycles. The summed E-state index contributed by atoms with van der Waals surface area (Å²) < 4.78 is 52.4. The van der Waals surface area contributed by atoms with Crippen LogP contribution in [-0.4, -0.2) is 60.0 Å². The van der Waals surface area contributed by atoms with Crippen LogP contribution in [0, 0.1) is 0 Å². The summed E-state index contributed by atoms with van der Waals surface area (Å²) in [7, 11) is 3.39. The van der Waals surface area contributed by atoms with Crippen molar-refractivity contribution in [1.82, 2.24) is 25.5 Å². The Morgan fingerprint density at radius 1 is 1.20 bits per heavy atom. The van der Waals surface area contributed by atoms with Crippen LogP contribution in [0.5, 0.6) is 17.4 Å². The molecule has 5 rings (SSSR count). The van der Waals surface area contributed by atoms with Gasteiger partial charge >= 0.3 is 6.18 Å². The summed E-state index contributed by atoms with van der Waals surface area (Å²) in [4.78, 5) is 35.1. The summed E-state index contributed by atoms with van der Waals surface area (Å²) in [5, 5.41) is 8.48. The van der Waals surface area contributed by atoms with Crippen LogP contribution in [0.4, 0.5) is 24.8 Å². The van der Waals surface area contributed by atoms with E-state index >= 15 is 0 Å². The topological polar surface area (TPSA) is 118 Å². The van der Waals surface area contributed by atoms with Crippen molar-refractivity contribution < 1.29 is 32.2 Å². The summed E-state index contributed by atoms with van der Waals surface area (Å²) >= 11 is 6.44. The minimum absolute atomic E-state index is 0.00875. The SMILES string of the molecule is COc1cc(C(=O)NC2CCN(C)CC2)c(Cl)cc1Nc1ncc(C(F)(F)F)c(Oc2cccc3c2C(=O)NC3)n1. The largest absolute Gasteiger partial charge is 0.495 e. The number of amides is 2. The van der Waals surface area contributed by atoms with E-state index in [1.54, 1.807) is 12.1 Å². The Bertz CT molecular complexity index is 1490.